The van der Waals surface area contributed by atoms with Gasteiger partial charge in [0.25, 0.3) is 0 Å². The summed E-state index contributed by atoms with van der Waals surface area (Å²) in [5.74, 6) is 0. The van der Waals surface area contributed by atoms with Crippen LogP contribution < -0.4 is 10.5 Å². The summed E-state index contributed by atoms with van der Waals surface area (Å²) in [6.45, 7) is 4.00. The minimum Gasteiger partial charge on any atom is -0.332 e. The largest absolute Gasteiger partial charge is 0.332 e. The van der Waals surface area contributed by atoms with Crippen molar-refractivity contribution >= 4 is 34.1 Å². The Labute approximate surface area is 138 Å². The Balaban J connectivity index is 1.80. The van der Waals surface area contributed by atoms with E-state index >= 15 is 0 Å². The van der Waals surface area contributed by atoms with E-state index in [0.717, 1.165) is 38.4 Å². The van der Waals surface area contributed by atoms with Crippen LogP contribution in [0.1, 0.15) is 11.4 Å². The Morgan fingerprint density at radius 1 is 1.05 bits per heavy atom. The third kappa shape index (κ3) is 3.47. The molecule has 1 aromatic carbocycles. The molecule has 0 amide bonds. The van der Waals surface area contributed by atoms with Gasteiger partial charge in [0.1, 0.15) is 0 Å². The molecule has 2 aromatic heterocycles. The number of aromatic nitrogens is 2. The lowest BCUT2D eigenvalue weighted by Gasteiger charge is -2.03. The number of nitrogens with zero attached hydrogens (tertiary/aromatic N) is 2. The standard InChI is InChI=1S/C16H16N4S2/c1-10-7-12(8-11(2)18-10)15-9-21-16(20-15)19-13-3-5-14(22-17)6-4-13/h3-9H,17H2,1-2H3,(H,19,20). The summed E-state index contributed by atoms with van der Waals surface area (Å²) in [6, 6.07) is 12.1. The molecule has 0 aliphatic rings. The second kappa shape index (κ2) is 6.48. The molecule has 0 fully saturated rings. The number of nitrogens with two attached hydrogens (primary N) is 1. The van der Waals surface area contributed by atoms with Crippen LogP contribution in [0, 0.1) is 13.8 Å². The summed E-state index contributed by atoms with van der Waals surface area (Å²) in [5, 5.41) is 11.8. The molecule has 2 heterocycles. The van der Waals surface area contributed by atoms with Crippen molar-refractivity contribution in [2.24, 2.45) is 5.14 Å². The van der Waals surface area contributed by atoms with Crippen molar-refractivity contribution in [1.82, 2.24) is 9.97 Å². The van der Waals surface area contributed by atoms with E-state index in [-0.39, 0.29) is 0 Å². The second-order valence-corrected chi connectivity index (χ2v) is 6.51. The van der Waals surface area contributed by atoms with Gasteiger partial charge in [0.2, 0.25) is 0 Å². The third-order valence-electron chi connectivity index (χ3n) is 3.12. The van der Waals surface area contributed by atoms with Crippen molar-refractivity contribution in [3.8, 4) is 11.3 Å². The lowest BCUT2D eigenvalue weighted by molar-refractivity contribution is 1.12. The van der Waals surface area contributed by atoms with Gasteiger partial charge in [0, 0.05) is 32.9 Å². The molecule has 4 nitrogen and oxygen atoms in total. The van der Waals surface area contributed by atoms with E-state index in [1.807, 2.05) is 38.1 Å². The highest BCUT2D eigenvalue weighted by Crippen LogP contribution is 2.28. The molecule has 0 aliphatic carbocycles. The first-order valence-corrected chi connectivity index (χ1v) is 8.55. The van der Waals surface area contributed by atoms with Crippen LogP contribution in [0.5, 0.6) is 0 Å². The van der Waals surface area contributed by atoms with Gasteiger partial charge < -0.3 is 5.32 Å². The summed E-state index contributed by atoms with van der Waals surface area (Å²) in [7, 11) is 0. The normalized spacial score (nSPS) is 10.7. The number of thiazole rings is 1. The van der Waals surface area contributed by atoms with Gasteiger partial charge in [-0.3, -0.25) is 10.1 Å². The van der Waals surface area contributed by atoms with Gasteiger partial charge in [0.05, 0.1) is 5.69 Å². The predicted octanol–water partition coefficient (Wildman–Crippen LogP) is 4.53. The van der Waals surface area contributed by atoms with Gasteiger partial charge in [0.15, 0.2) is 5.13 Å². The average Bonchev–Trinajstić information content (AvgIpc) is 2.96. The van der Waals surface area contributed by atoms with E-state index in [0.29, 0.717) is 0 Å². The fourth-order valence-corrected chi connectivity index (χ4v) is 3.22. The quantitative estimate of drug-likeness (QED) is 0.689. The van der Waals surface area contributed by atoms with Gasteiger partial charge in [-0.25, -0.2) is 4.98 Å². The smallest absolute Gasteiger partial charge is 0.187 e. The number of hydrogen-bond acceptors (Lipinski definition) is 6. The van der Waals surface area contributed by atoms with Crippen LogP contribution in [-0.4, -0.2) is 9.97 Å². The number of nitrogens with one attached hydrogen (secondary N) is 1. The number of rotatable bonds is 4. The Kier molecular flexibility index (Phi) is 4.42. The average molecular weight is 328 g/mol. The van der Waals surface area contributed by atoms with E-state index in [2.05, 4.69) is 32.8 Å². The zero-order chi connectivity index (χ0) is 15.5. The summed E-state index contributed by atoms with van der Waals surface area (Å²) in [5.41, 5.74) is 5.08. The van der Waals surface area contributed by atoms with Crippen LogP contribution in [0.25, 0.3) is 11.3 Å². The maximum atomic E-state index is 5.53. The minimum absolute atomic E-state index is 0.871. The van der Waals surface area contributed by atoms with E-state index < -0.39 is 0 Å². The number of aryl methyl sites for hydroxylation is 2. The Morgan fingerprint density at radius 2 is 1.73 bits per heavy atom. The van der Waals surface area contributed by atoms with Crippen molar-refractivity contribution in [3.05, 3.63) is 53.2 Å². The molecule has 112 valence electrons. The molecule has 6 heteroatoms. The lowest BCUT2D eigenvalue weighted by atomic mass is 10.1. The molecular formula is C16H16N4S2. The molecule has 0 saturated heterocycles. The zero-order valence-corrected chi connectivity index (χ0v) is 14.0. The van der Waals surface area contributed by atoms with Gasteiger partial charge in [-0.05, 0) is 62.2 Å². The molecule has 0 bridgehead atoms. The van der Waals surface area contributed by atoms with E-state index in [1.165, 1.54) is 11.9 Å². The summed E-state index contributed by atoms with van der Waals surface area (Å²) < 4.78 is 0. The van der Waals surface area contributed by atoms with Crippen LogP contribution in [0.3, 0.4) is 0 Å². The van der Waals surface area contributed by atoms with Crippen molar-refractivity contribution in [1.29, 1.82) is 0 Å². The zero-order valence-electron chi connectivity index (χ0n) is 12.3. The number of benzene rings is 1. The summed E-state index contributed by atoms with van der Waals surface area (Å²) in [6.07, 6.45) is 0. The lowest BCUT2D eigenvalue weighted by Crippen LogP contribution is -1.91. The van der Waals surface area contributed by atoms with Gasteiger partial charge in [-0.2, -0.15) is 0 Å². The molecule has 0 saturated carbocycles. The molecule has 0 radical (unpaired) electrons. The maximum Gasteiger partial charge on any atom is 0.187 e. The molecule has 3 N–H and O–H groups in total. The summed E-state index contributed by atoms with van der Waals surface area (Å²) >= 11 is 2.83. The molecule has 0 atom stereocenters. The monoisotopic (exact) mass is 328 g/mol. The fraction of sp³-hybridized carbons (Fsp3) is 0.125. The number of pyridine rings is 1. The first-order valence-electron chi connectivity index (χ1n) is 6.79. The maximum absolute atomic E-state index is 5.53. The third-order valence-corrected chi connectivity index (χ3v) is 4.43. The minimum atomic E-state index is 0.871. The molecular weight excluding hydrogens is 312 g/mol. The molecule has 0 aliphatic heterocycles. The second-order valence-electron chi connectivity index (χ2n) is 4.94. The van der Waals surface area contributed by atoms with Gasteiger partial charge in [-0.1, -0.05) is 0 Å². The molecule has 3 rings (SSSR count). The summed E-state index contributed by atoms with van der Waals surface area (Å²) in [4.78, 5) is 10.1. The van der Waals surface area contributed by atoms with Crippen molar-refractivity contribution in [3.63, 3.8) is 0 Å². The van der Waals surface area contributed by atoms with E-state index in [9.17, 15) is 0 Å². The molecule has 3 aromatic rings. The first-order chi connectivity index (χ1) is 10.6. The number of hydrogen-bond donors (Lipinski definition) is 2. The molecule has 22 heavy (non-hydrogen) atoms. The molecule has 0 spiro atoms. The molecule has 0 unspecified atom stereocenters. The van der Waals surface area contributed by atoms with E-state index in [4.69, 9.17) is 5.14 Å². The highest BCUT2D eigenvalue weighted by Gasteiger charge is 2.06. The van der Waals surface area contributed by atoms with Crippen molar-refractivity contribution < 1.29 is 0 Å². The highest BCUT2D eigenvalue weighted by molar-refractivity contribution is 7.97. The fourth-order valence-electron chi connectivity index (χ4n) is 2.19. The Bertz CT molecular complexity index is 761. The first kappa shape index (κ1) is 15.0. The topological polar surface area (TPSA) is 63.8 Å². The SMILES string of the molecule is Cc1cc(-c2csc(Nc3ccc(SN)cc3)n2)cc(C)n1. The van der Waals surface area contributed by atoms with Crippen LogP contribution in [0.2, 0.25) is 0 Å². The van der Waals surface area contributed by atoms with Crippen molar-refractivity contribution in [2.75, 3.05) is 5.32 Å². The van der Waals surface area contributed by atoms with Crippen molar-refractivity contribution in [2.45, 2.75) is 18.7 Å². The Hall–Kier alpha value is -1.89. The van der Waals surface area contributed by atoms with Gasteiger partial charge >= 0.3 is 0 Å². The Morgan fingerprint density at radius 3 is 2.36 bits per heavy atom. The van der Waals surface area contributed by atoms with Gasteiger partial charge in [-0.15, -0.1) is 11.3 Å². The van der Waals surface area contributed by atoms with Crippen LogP contribution in [0.4, 0.5) is 10.8 Å². The highest BCUT2D eigenvalue weighted by atomic mass is 32.2. The number of anilines is 2. The van der Waals surface area contributed by atoms with Crippen LogP contribution in [0.15, 0.2) is 46.7 Å². The van der Waals surface area contributed by atoms with Crippen LogP contribution in [-0.2, 0) is 0 Å². The van der Waals surface area contributed by atoms with E-state index in [1.54, 1.807) is 11.3 Å². The van der Waals surface area contributed by atoms with Crippen LogP contribution >= 0.6 is 23.3 Å². The predicted molar refractivity (Wildman–Crippen MR) is 94.6 cm³/mol.